The van der Waals surface area contributed by atoms with Crippen LogP contribution in [0, 0.1) is 11.2 Å². The fourth-order valence-corrected chi connectivity index (χ4v) is 2.84. The molecule has 116 valence electrons. The lowest BCUT2D eigenvalue weighted by atomic mass is 9.78. The van der Waals surface area contributed by atoms with E-state index in [2.05, 4.69) is 10.6 Å². The minimum absolute atomic E-state index is 0.0219. The molecule has 4 nitrogen and oxygen atoms in total. The average Bonchev–Trinajstić information content (AvgIpc) is 2.49. The van der Waals surface area contributed by atoms with Gasteiger partial charge in [-0.2, -0.15) is 0 Å². The molecule has 0 bridgehead atoms. The number of nitrogens with one attached hydrogen (secondary N) is 2. The van der Waals surface area contributed by atoms with Crippen LogP contribution < -0.4 is 10.6 Å². The maximum atomic E-state index is 13.1. The van der Waals surface area contributed by atoms with Crippen LogP contribution in [0.1, 0.15) is 18.4 Å². The summed E-state index contributed by atoms with van der Waals surface area (Å²) < 4.78 is 18.3. The third kappa shape index (κ3) is 3.93. The Hall–Kier alpha value is -1.17. The molecule has 1 saturated heterocycles. The molecule has 0 aliphatic carbocycles. The second kappa shape index (κ2) is 7.20. The summed E-state index contributed by atoms with van der Waals surface area (Å²) in [6.45, 7) is 2.35. The number of hydrogen-bond donors (Lipinski definition) is 2. The third-order valence-electron chi connectivity index (χ3n) is 3.90. The quantitative estimate of drug-likeness (QED) is 0.875. The van der Waals surface area contributed by atoms with Gasteiger partial charge in [0.25, 0.3) is 0 Å². The maximum Gasteiger partial charge on any atom is 0.228 e. The summed E-state index contributed by atoms with van der Waals surface area (Å²) in [4.78, 5) is 12.5. The smallest absolute Gasteiger partial charge is 0.228 e. The molecular weight excluding hydrogens is 295 g/mol. The van der Waals surface area contributed by atoms with Crippen molar-refractivity contribution in [1.82, 2.24) is 10.6 Å². The Bertz CT molecular complexity index is 499. The molecule has 0 unspecified atom stereocenters. The normalized spacial score (nSPS) is 17.5. The zero-order valence-corrected chi connectivity index (χ0v) is 12.8. The summed E-state index contributed by atoms with van der Waals surface area (Å²) >= 11 is 5.74. The van der Waals surface area contributed by atoms with Gasteiger partial charge in [-0.05, 0) is 43.6 Å². The molecule has 1 heterocycles. The number of hydrogen-bond acceptors (Lipinski definition) is 3. The zero-order chi connectivity index (χ0) is 15.3. The molecule has 1 fully saturated rings. The number of piperidine rings is 1. The Morgan fingerprint density at radius 3 is 2.81 bits per heavy atom. The fourth-order valence-electron chi connectivity index (χ4n) is 2.64. The summed E-state index contributed by atoms with van der Waals surface area (Å²) in [5.41, 5.74) is 0.292. The van der Waals surface area contributed by atoms with Crippen molar-refractivity contribution in [2.24, 2.45) is 5.41 Å². The molecule has 1 aliphatic rings. The van der Waals surface area contributed by atoms with Gasteiger partial charge >= 0.3 is 0 Å². The van der Waals surface area contributed by atoms with E-state index >= 15 is 0 Å². The van der Waals surface area contributed by atoms with Crippen LogP contribution in [0.25, 0.3) is 0 Å². The summed E-state index contributed by atoms with van der Waals surface area (Å²) in [5.74, 6) is -0.479. The van der Waals surface area contributed by atoms with Crippen LogP contribution in [0.15, 0.2) is 18.2 Å². The number of benzene rings is 1. The van der Waals surface area contributed by atoms with Gasteiger partial charge in [0.2, 0.25) is 5.91 Å². The van der Waals surface area contributed by atoms with E-state index in [0.717, 1.165) is 31.5 Å². The van der Waals surface area contributed by atoms with Crippen LogP contribution in [0.5, 0.6) is 0 Å². The standard InChI is InChI=1S/C15H20ClFN2O2/c1-21-10-15(4-6-18-7-5-15)14(20)19-9-11-2-3-13(17)12(16)8-11/h2-3,8,18H,4-7,9-10H2,1H3,(H,19,20). The Morgan fingerprint density at radius 2 is 2.19 bits per heavy atom. The van der Waals surface area contributed by atoms with Gasteiger partial charge in [0.15, 0.2) is 0 Å². The number of carbonyl (C=O) groups excluding carboxylic acids is 1. The molecule has 2 N–H and O–H groups in total. The van der Waals surface area contributed by atoms with E-state index in [-0.39, 0.29) is 10.9 Å². The van der Waals surface area contributed by atoms with E-state index in [1.54, 1.807) is 13.2 Å². The van der Waals surface area contributed by atoms with Crippen molar-refractivity contribution >= 4 is 17.5 Å². The van der Waals surface area contributed by atoms with Gasteiger partial charge in [0, 0.05) is 13.7 Å². The van der Waals surface area contributed by atoms with Gasteiger partial charge in [0.1, 0.15) is 5.82 Å². The maximum absolute atomic E-state index is 13.1. The lowest BCUT2D eigenvalue weighted by Gasteiger charge is -2.35. The van der Waals surface area contributed by atoms with Gasteiger partial charge in [0.05, 0.1) is 17.0 Å². The van der Waals surface area contributed by atoms with Crippen LogP contribution >= 0.6 is 11.6 Å². The highest BCUT2D eigenvalue weighted by Crippen LogP contribution is 2.29. The highest BCUT2D eigenvalue weighted by molar-refractivity contribution is 6.30. The second-order valence-electron chi connectivity index (χ2n) is 5.39. The number of amides is 1. The van der Waals surface area contributed by atoms with Crippen LogP contribution in [-0.4, -0.2) is 32.7 Å². The lowest BCUT2D eigenvalue weighted by Crippen LogP contribution is -2.49. The van der Waals surface area contributed by atoms with Gasteiger partial charge in [-0.25, -0.2) is 4.39 Å². The van der Waals surface area contributed by atoms with Crippen molar-refractivity contribution < 1.29 is 13.9 Å². The first-order chi connectivity index (χ1) is 10.1. The molecule has 6 heteroatoms. The second-order valence-corrected chi connectivity index (χ2v) is 5.80. The van der Waals surface area contributed by atoms with Crippen LogP contribution in [0.2, 0.25) is 5.02 Å². The van der Waals surface area contributed by atoms with E-state index in [4.69, 9.17) is 16.3 Å². The van der Waals surface area contributed by atoms with Crippen LogP contribution in [-0.2, 0) is 16.1 Å². The summed E-state index contributed by atoms with van der Waals surface area (Å²) in [6, 6.07) is 4.45. The molecular formula is C15H20ClFN2O2. The van der Waals surface area contributed by atoms with E-state index in [1.807, 2.05) is 0 Å². The molecule has 1 aliphatic heterocycles. The predicted molar refractivity (Wildman–Crippen MR) is 79.7 cm³/mol. The van der Waals surface area contributed by atoms with Crippen molar-refractivity contribution in [1.29, 1.82) is 0 Å². The van der Waals surface area contributed by atoms with Crippen molar-refractivity contribution in [2.75, 3.05) is 26.8 Å². The number of halogens is 2. The largest absolute Gasteiger partial charge is 0.384 e. The first-order valence-electron chi connectivity index (χ1n) is 6.99. The Labute approximate surface area is 129 Å². The molecule has 0 spiro atoms. The SMILES string of the molecule is COCC1(C(=O)NCc2ccc(F)c(Cl)c2)CCNCC1. The van der Waals surface area contributed by atoms with E-state index in [0.29, 0.717) is 13.2 Å². The minimum atomic E-state index is -0.482. The topological polar surface area (TPSA) is 50.4 Å². The Morgan fingerprint density at radius 1 is 1.48 bits per heavy atom. The first kappa shape index (κ1) is 16.2. The fraction of sp³-hybridized carbons (Fsp3) is 0.533. The highest BCUT2D eigenvalue weighted by atomic mass is 35.5. The van der Waals surface area contributed by atoms with E-state index in [1.165, 1.54) is 12.1 Å². The molecule has 0 saturated carbocycles. The summed E-state index contributed by atoms with van der Waals surface area (Å²) in [5, 5.41) is 6.22. The predicted octanol–water partition coefficient (Wildman–Crippen LogP) is 2.11. The van der Waals surface area contributed by atoms with Gasteiger partial charge in [-0.3, -0.25) is 4.79 Å². The molecule has 0 radical (unpaired) electrons. The monoisotopic (exact) mass is 314 g/mol. The first-order valence-corrected chi connectivity index (χ1v) is 7.37. The molecule has 1 aromatic carbocycles. The van der Waals surface area contributed by atoms with Gasteiger partial charge < -0.3 is 15.4 Å². The highest BCUT2D eigenvalue weighted by Gasteiger charge is 2.39. The van der Waals surface area contributed by atoms with Crippen LogP contribution in [0.4, 0.5) is 4.39 Å². The van der Waals surface area contributed by atoms with Crippen molar-refractivity contribution in [3.63, 3.8) is 0 Å². The summed E-state index contributed by atoms with van der Waals surface area (Å²) in [7, 11) is 1.61. The number of methoxy groups -OCH3 is 1. The Kier molecular flexibility index (Phi) is 5.56. The van der Waals surface area contributed by atoms with Gasteiger partial charge in [-0.1, -0.05) is 17.7 Å². The Balaban J connectivity index is 2.00. The molecule has 1 amide bonds. The van der Waals surface area contributed by atoms with E-state index in [9.17, 15) is 9.18 Å². The van der Waals surface area contributed by atoms with Crippen molar-refractivity contribution in [3.8, 4) is 0 Å². The molecule has 0 atom stereocenters. The molecule has 21 heavy (non-hydrogen) atoms. The van der Waals surface area contributed by atoms with Crippen LogP contribution in [0.3, 0.4) is 0 Å². The van der Waals surface area contributed by atoms with Crippen molar-refractivity contribution in [3.05, 3.63) is 34.6 Å². The number of carbonyl (C=O) groups is 1. The lowest BCUT2D eigenvalue weighted by molar-refractivity contribution is -0.136. The van der Waals surface area contributed by atoms with Gasteiger partial charge in [-0.15, -0.1) is 0 Å². The third-order valence-corrected chi connectivity index (χ3v) is 4.19. The van der Waals surface area contributed by atoms with Crippen molar-refractivity contribution in [2.45, 2.75) is 19.4 Å². The zero-order valence-electron chi connectivity index (χ0n) is 12.0. The molecule has 2 rings (SSSR count). The number of rotatable bonds is 5. The average molecular weight is 315 g/mol. The molecule has 0 aromatic heterocycles. The summed E-state index contributed by atoms with van der Waals surface area (Å²) in [6.07, 6.45) is 1.49. The van der Waals surface area contributed by atoms with E-state index < -0.39 is 11.2 Å². The number of ether oxygens (including phenoxy) is 1. The minimum Gasteiger partial charge on any atom is -0.384 e. The molecule has 1 aromatic rings.